The van der Waals surface area contributed by atoms with Crippen molar-refractivity contribution in [2.45, 2.75) is 12.0 Å². The second-order valence-electron chi connectivity index (χ2n) is 8.65. The number of benzene rings is 3. The summed E-state index contributed by atoms with van der Waals surface area (Å²) in [6, 6.07) is 19.1. The van der Waals surface area contributed by atoms with Gasteiger partial charge in [0.1, 0.15) is 0 Å². The lowest BCUT2D eigenvalue weighted by Crippen LogP contribution is -2.43. The molecule has 0 saturated carbocycles. The van der Waals surface area contributed by atoms with Gasteiger partial charge in [-0.3, -0.25) is 4.79 Å². The van der Waals surface area contributed by atoms with Crippen molar-refractivity contribution in [3.8, 4) is 0 Å². The molecule has 34 heavy (non-hydrogen) atoms. The van der Waals surface area contributed by atoms with E-state index >= 15 is 0 Å². The Labute approximate surface area is 213 Å². The fraction of sp³-hybridized carbons (Fsp3) is 0.269. The molecular formula is C26H24Cl3N3O2. The summed E-state index contributed by atoms with van der Waals surface area (Å²) in [4.78, 5) is 15.3. The van der Waals surface area contributed by atoms with Crippen LogP contribution >= 0.6 is 34.8 Å². The Morgan fingerprint density at radius 1 is 0.971 bits per heavy atom. The highest BCUT2D eigenvalue weighted by molar-refractivity contribution is 6.31. The molecule has 3 aromatic carbocycles. The standard InChI is InChI=1S/C26H24Cl3N3O2/c27-18-3-1-2-17(12-18)15-26(16-30-24-14-20(29)5-7-22(24)26)31-23-13-19(28)4-6-21(23)25(33)32-8-10-34-11-9-32/h1-7,12-14,30-31H,8-11,15-16H2. The van der Waals surface area contributed by atoms with Crippen molar-refractivity contribution in [1.29, 1.82) is 0 Å². The Balaban J connectivity index is 1.57. The van der Waals surface area contributed by atoms with E-state index < -0.39 is 5.54 Å². The molecule has 0 radical (unpaired) electrons. The minimum atomic E-state index is -0.546. The predicted molar refractivity (Wildman–Crippen MR) is 139 cm³/mol. The lowest BCUT2D eigenvalue weighted by Gasteiger charge is -2.34. The van der Waals surface area contributed by atoms with Gasteiger partial charge in [0.05, 0.1) is 24.3 Å². The summed E-state index contributed by atoms with van der Waals surface area (Å²) >= 11 is 19.0. The van der Waals surface area contributed by atoms with E-state index in [1.54, 1.807) is 12.1 Å². The van der Waals surface area contributed by atoms with Crippen molar-refractivity contribution < 1.29 is 9.53 Å². The lowest BCUT2D eigenvalue weighted by molar-refractivity contribution is 0.0303. The lowest BCUT2D eigenvalue weighted by atomic mass is 9.84. The van der Waals surface area contributed by atoms with Crippen LogP contribution in [-0.2, 0) is 16.7 Å². The van der Waals surface area contributed by atoms with E-state index in [1.807, 2.05) is 47.4 Å². The molecule has 1 saturated heterocycles. The molecule has 0 aromatic heterocycles. The normalized spacial score (nSPS) is 19.4. The Morgan fingerprint density at radius 3 is 2.50 bits per heavy atom. The van der Waals surface area contributed by atoms with E-state index in [4.69, 9.17) is 39.5 Å². The van der Waals surface area contributed by atoms with Crippen molar-refractivity contribution in [3.05, 3.63) is 92.4 Å². The number of nitrogens with zero attached hydrogens (tertiary/aromatic N) is 1. The zero-order chi connectivity index (χ0) is 23.7. The molecular weight excluding hydrogens is 493 g/mol. The molecule has 2 aliphatic rings. The summed E-state index contributed by atoms with van der Waals surface area (Å²) in [7, 11) is 0. The molecule has 0 spiro atoms. The maximum atomic E-state index is 13.4. The first-order valence-electron chi connectivity index (χ1n) is 11.2. The topological polar surface area (TPSA) is 53.6 Å². The van der Waals surface area contributed by atoms with Crippen molar-refractivity contribution in [3.63, 3.8) is 0 Å². The number of carbonyl (C=O) groups is 1. The van der Waals surface area contributed by atoms with E-state index in [1.165, 1.54) is 0 Å². The SMILES string of the molecule is O=C(c1ccc(Cl)cc1NC1(Cc2cccc(Cl)c2)CNc2cc(Cl)ccc21)N1CCOCC1. The number of rotatable bonds is 5. The number of hydrogen-bond acceptors (Lipinski definition) is 4. The summed E-state index contributed by atoms with van der Waals surface area (Å²) in [5.74, 6) is -0.0392. The van der Waals surface area contributed by atoms with Gasteiger partial charge in [-0.2, -0.15) is 0 Å². The fourth-order valence-electron chi connectivity index (χ4n) is 4.73. The van der Waals surface area contributed by atoms with Crippen LogP contribution in [0.2, 0.25) is 15.1 Å². The maximum Gasteiger partial charge on any atom is 0.256 e. The molecule has 5 nitrogen and oxygen atoms in total. The summed E-state index contributed by atoms with van der Waals surface area (Å²) in [6.45, 7) is 2.82. The molecule has 1 atom stereocenters. The third-order valence-electron chi connectivity index (χ3n) is 6.36. The summed E-state index contributed by atoms with van der Waals surface area (Å²) in [5, 5.41) is 9.11. The van der Waals surface area contributed by atoms with Gasteiger partial charge in [-0.05, 0) is 48.0 Å². The number of amides is 1. The molecule has 3 aromatic rings. The van der Waals surface area contributed by atoms with Crippen LogP contribution in [0, 0.1) is 0 Å². The molecule has 2 aliphatic heterocycles. The first kappa shape index (κ1) is 23.3. The van der Waals surface area contributed by atoms with E-state index in [-0.39, 0.29) is 5.91 Å². The van der Waals surface area contributed by atoms with Crippen LogP contribution in [0.25, 0.3) is 0 Å². The van der Waals surface area contributed by atoms with Gasteiger partial charge in [-0.1, -0.05) is 53.0 Å². The van der Waals surface area contributed by atoms with Gasteiger partial charge < -0.3 is 20.3 Å². The molecule has 176 valence electrons. The predicted octanol–water partition coefficient (Wildman–Crippen LogP) is 6.09. The fourth-order valence-corrected chi connectivity index (χ4v) is 5.29. The van der Waals surface area contributed by atoms with Crippen LogP contribution in [0.4, 0.5) is 11.4 Å². The second kappa shape index (κ2) is 9.67. The number of morpholine rings is 1. The van der Waals surface area contributed by atoms with E-state index in [0.717, 1.165) is 16.8 Å². The van der Waals surface area contributed by atoms with Crippen molar-refractivity contribution >= 4 is 52.1 Å². The van der Waals surface area contributed by atoms with E-state index in [2.05, 4.69) is 16.7 Å². The number of fused-ring (bicyclic) bond motifs is 1. The van der Waals surface area contributed by atoms with Gasteiger partial charge in [0.25, 0.3) is 5.91 Å². The minimum Gasteiger partial charge on any atom is -0.382 e. The monoisotopic (exact) mass is 515 g/mol. The average Bonchev–Trinajstić information content (AvgIpc) is 3.16. The third-order valence-corrected chi connectivity index (χ3v) is 7.06. The molecule has 5 rings (SSSR count). The molecule has 0 bridgehead atoms. The van der Waals surface area contributed by atoms with Crippen molar-refractivity contribution in [2.75, 3.05) is 43.5 Å². The molecule has 1 unspecified atom stereocenters. The molecule has 2 heterocycles. The quantitative estimate of drug-likeness (QED) is 0.431. The molecule has 0 aliphatic carbocycles. The summed E-state index contributed by atoms with van der Waals surface area (Å²) in [6.07, 6.45) is 0.646. The first-order valence-corrected chi connectivity index (χ1v) is 12.3. The highest BCUT2D eigenvalue weighted by Crippen LogP contribution is 2.42. The van der Waals surface area contributed by atoms with Gasteiger partial charge in [0, 0.05) is 58.1 Å². The smallest absolute Gasteiger partial charge is 0.256 e. The Morgan fingerprint density at radius 2 is 1.71 bits per heavy atom. The highest BCUT2D eigenvalue weighted by Gasteiger charge is 2.40. The third kappa shape index (κ3) is 4.71. The van der Waals surface area contributed by atoms with E-state index in [0.29, 0.717) is 65.6 Å². The number of carbonyl (C=O) groups excluding carboxylic acids is 1. The highest BCUT2D eigenvalue weighted by atomic mass is 35.5. The van der Waals surface area contributed by atoms with Crippen LogP contribution in [0.15, 0.2) is 60.7 Å². The number of nitrogens with one attached hydrogen (secondary N) is 2. The number of anilines is 2. The number of halogens is 3. The Bertz CT molecular complexity index is 1230. The van der Waals surface area contributed by atoms with Crippen molar-refractivity contribution in [1.82, 2.24) is 4.90 Å². The van der Waals surface area contributed by atoms with Crippen LogP contribution in [0.1, 0.15) is 21.5 Å². The first-order chi connectivity index (χ1) is 16.4. The maximum absolute atomic E-state index is 13.4. The zero-order valence-corrected chi connectivity index (χ0v) is 20.7. The van der Waals surface area contributed by atoms with Crippen LogP contribution in [0.5, 0.6) is 0 Å². The van der Waals surface area contributed by atoms with Crippen LogP contribution in [-0.4, -0.2) is 43.7 Å². The van der Waals surface area contributed by atoms with Crippen LogP contribution < -0.4 is 10.6 Å². The van der Waals surface area contributed by atoms with Gasteiger partial charge in [0.2, 0.25) is 0 Å². The molecule has 1 fully saturated rings. The van der Waals surface area contributed by atoms with Crippen molar-refractivity contribution in [2.24, 2.45) is 0 Å². The largest absolute Gasteiger partial charge is 0.382 e. The second-order valence-corrected chi connectivity index (χ2v) is 9.96. The number of hydrogen-bond donors (Lipinski definition) is 2. The van der Waals surface area contributed by atoms with Gasteiger partial charge in [-0.15, -0.1) is 0 Å². The van der Waals surface area contributed by atoms with Crippen LogP contribution in [0.3, 0.4) is 0 Å². The number of ether oxygens (including phenoxy) is 1. The average molecular weight is 517 g/mol. The molecule has 8 heteroatoms. The Hall–Kier alpha value is -2.44. The molecule has 1 amide bonds. The Kier molecular flexibility index (Phi) is 6.63. The summed E-state index contributed by atoms with van der Waals surface area (Å²) in [5.41, 5.74) is 3.84. The van der Waals surface area contributed by atoms with E-state index in [9.17, 15) is 4.79 Å². The van der Waals surface area contributed by atoms with Gasteiger partial charge >= 0.3 is 0 Å². The zero-order valence-electron chi connectivity index (χ0n) is 18.4. The van der Waals surface area contributed by atoms with Gasteiger partial charge in [-0.25, -0.2) is 0 Å². The minimum absolute atomic E-state index is 0.0392. The molecule has 2 N–H and O–H groups in total. The summed E-state index contributed by atoms with van der Waals surface area (Å²) < 4.78 is 5.42. The van der Waals surface area contributed by atoms with Gasteiger partial charge in [0.15, 0.2) is 0 Å².